The molecule has 1 aromatic carbocycles. The molecule has 0 saturated heterocycles. The van der Waals surface area contributed by atoms with Crippen LogP contribution < -0.4 is 5.32 Å². The van der Waals surface area contributed by atoms with Crippen LogP contribution in [0.2, 0.25) is 5.15 Å². The number of halogens is 1. The van der Waals surface area contributed by atoms with Gasteiger partial charge in [0.25, 0.3) is 5.78 Å². The van der Waals surface area contributed by atoms with E-state index >= 15 is 0 Å². The lowest BCUT2D eigenvalue weighted by Crippen LogP contribution is -2.01. The average Bonchev–Trinajstić information content (AvgIpc) is 2.80. The number of fused-ring (bicyclic) bond motifs is 1. The molecule has 2 aromatic heterocycles. The fraction of sp³-hybridized carbons (Fsp3) is 0.0833. The minimum atomic E-state index is 0.380. The maximum absolute atomic E-state index is 5.94. The highest BCUT2D eigenvalue weighted by Crippen LogP contribution is 2.19. The summed E-state index contributed by atoms with van der Waals surface area (Å²) in [5, 5.41) is 7.71. The van der Waals surface area contributed by atoms with Gasteiger partial charge in [0.1, 0.15) is 17.3 Å². The third kappa shape index (κ3) is 2.00. The standard InChI is InChI=1S/C12H10ClN5/c1-8-2-4-9(5-3-8)16-11-6-10(13)17-12-14-7-15-18(11)12/h2-7,16H,1H3. The Bertz CT molecular complexity index is 689. The quantitative estimate of drug-likeness (QED) is 0.719. The number of nitrogens with one attached hydrogen (secondary N) is 1. The fourth-order valence-electron chi connectivity index (χ4n) is 1.66. The largest absolute Gasteiger partial charge is 0.340 e. The third-order valence-corrected chi connectivity index (χ3v) is 2.74. The molecule has 1 N–H and O–H groups in total. The first-order valence-corrected chi connectivity index (χ1v) is 5.80. The van der Waals surface area contributed by atoms with Crippen molar-refractivity contribution in [2.24, 2.45) is 0 Å². The second kappa shape index (κ2) is 4.27. The zero-order valence-corrected chi connectivity index (χ0v) is 10.4. The highest BCUT2D eigenvalue weighted by molar-refractivity contribution is 6.29. The zero-order valence-electron chi connectivity index (χ0n) is 9.63. The Morgan fingerprint density at radius 2 is 2.00 bits per heavy atom. The van der Waals surface area contributed by atoms with Crippen LogP contribution in [0.1, 0.15) is 5.56 Å². The molecule has 0 spiro atoms. The first kappa shape index (κ1) is 11.0. The molecule has 0 amide bonds. The first-order valence-electron chi connectivity index (χ1n) is 5.42. The topological polar surface area (TPSA) is 55.1 Å². The Kier molecular flexibility index (Phi) is 2.60. The summed E-state index contributed by atoms with van der Waals surface area (Å²) < 4.78 is 1.60. The van der Waals surface area contributed by atoms with E-state index in [1.54, 1.807) is 10.6 Å². The van der Waals surface area contributed by atoms with Gasteiger partial charge in [0, 0.05) is 11.8 Å². The molecule has 0 unspecified atom stereocenters. The van der Waals surface area contributed by atoms with Crippen LogP contribution in [0.25, 0.3) is 5.78 Å². The maximum atomic E-state index is 5.94. The van der Waals surface area contributed by atoms with Crippen LogP contribution in [-0.2, 0) is 0 Å². The number of hydrogen-bond donors (Lipinski definition) is 1. The van der Waals surface area contributed by atoms with Crippen LogP contribution in [-0.4, -0.2) is 19.6 Å². The van der Waals surface area contributed by atoms with Crippen molar-refractivity contribution < 1.29 is 0 Å². The van der Waals surface area contributed by atoms with E-state index < -0.39 is 0 Å². The van der Waals surface area contributed by atoms with Gasteiger partial charge >= 0.3 is 0 Å². The van der Waals surface area contributed by atoms with Gasteiger partial charge in [-0.2, -0.15) is 19.6 Å². The van der Waals surface area contributed by atoms with Crippen molar-refractivity contribution in [1.82, 2.24) is 19.6 Å². The molecule has 3 rings (SSSR count). The van der Waals surface area contributed by atoms with Gasteiger partial charge in [-0.3, -0.25) is 0 Å². The predicted octanol–water partition coefficient (Wildman–Crippen LogP) is 2.83. The van der Waals surface area contributed by atoms with Gasteiger partial charge in [-0.15, -0.1) is 0 Å². The van der Waals surface area contributed by atoms with Gasteiger partial charge in [-0.05, 0) is 19.1 Å². The molecule has 2 heterocycles. The van der Waals surface area contributed by atoms with Crippen molar-refractivity contribution in [1.29, 1.82) is 0 Å². The average molecular weight is 260 g/mol. The molecule has 0 saturated carbocycles. The smallest absolute Gasteiger partial charge is 0.255 e. The number of rotatable bonds is 2. The van der Waals surface area contributed by atoms with Crippen LogP contribution >= 0.6 is 11.6 Å². The number of hydrogen-bond acceptors (Lipinski definition) is 4. The summed E-state index contributed by atoms with van der Waals surface area (Å²) in [6.45, 7) is 2.04. The van der Waals surface area contributed by atoms with Crippen molar-refractivity contribution in [2.45, 2.75) is 6.92 Å². The Balaban J connectivity index is 2.03. The van der Waals surface area contributed by atoms with Crippen molar-refractivity contribution >= 4 is 28.9 Å². The van der Waals surface area contributed by atoms with Crippen molar-refractivity contribution in [3.63, 3.8) is 0 Å². The van der Waals surface area contributed by atoms with Gasteiger partial charge < -0.3 is 5.32 Å². The maximum Gasteiger partial charge on any atom is 0.255 e. The molecule has 90 valence electrons. The molecule has 3 aromatic rings. The summed E-state index contributed by atoms with van der Waals surface area (Å²) in [5.74, 6) is 1.20. The van der Waals surface area contributed by atoms with E-state index in [4.69, 9.17) is 11.6 Å². The summed E-state index contributed by atoms with van der Waals surface area (Å²) in [7, 11) is 0. The minimum absolute atomic E-state index is 0.380. The summed E-state index contributed by atoms with van der Waals surface area (Å²) in [4.78, 5) is 8.08. The van der Waals surface area contributed by atoms with Crippen LogP contribution in [0, 0.1) is 6.92 Å². The highest BCUT2D eigenvalue weighted by atomic mass is 35.5. The van der Waals surface area contributed by atoms with Gasteiger partial charge in [0.15, 0.2) is 0 Å². The number of aromatic nitrogens is 4. The molecule has 6 heteroatoms. The molecule has 18 heavy (non-hydrogen) atoms. The Morgan fingerprint density at radius 1 is 1.22 bits per heavy atom. The number of benzene rings is 1. The van der Waals surface area contributed by atoms with E-state index in [9.17, 15) is 0 Å². The van der Waals surface area contributed by atoms with Crippen LogP contribution in [0.5, 0.6) is 0 Å². The van der Waals surface area contributed by atoms with Crippen LogP contribution in [0.15, 0.2) is 36.7 Å². The SMILES string of the molecule is Cc1ccc(Nc2cc(Cl)nc3ncnn23)cc1. The lowest BCUT2D eigenvalue weighted by molar-refractivity contribution is 0.947. The Hall–Kier alpha value is -2.14. The normalized spacial score (nSPS) is 10.8. The lowest BCUT2D eigenvalue weighted by Gasteiger charge is -2.08. The molecule has 0 fully saturated rings. The van der Waals surface area contributed by atoms with Crippen molar-refractivity contribution in [3.8, 4) is 0 Å². The number of nitrogens with zero attached hydrogens (tertiary/aromatic N) is 4. The highest BCUT2D eigenvalue weighted by Gasteiger charge is 2.06. The van der Waals surface area contributed by atoms with E-state index in [1.165, 1.54) is 11.9 Å². The predicted molar refractivity (Wildman–Crippen MR) is 70.3 cm³/mol. The van der Waals surface area contributed by atoms with Gasteiger partial charge in [-0.1, -0.05) is 29.3 Å². The summed E-state index contributed by atoms with van der Waals surface area (Å²) >= 11 is 5.94. The van der Waals surface area contributed by atoms with Gasteiger partial charge in [-0.25, -0.2) is 0 Å². The monoisotopic (exact) mass is 259 g/mol. The molecule has 0 aliphatic carbocycles. The van der Waals surface area contributed by atoms with Gasteiger partial charge in [0.2, 0.25) is 0 Å². The molecular formula is C12H10ClN5. The Labute approximate surface area is 108 Å². The molecule has 0 aliphatic rings. The third-order valence-electron chi connectivity index (χ3n) is 2.54. The Morgan fingerprint density at radius 3 is 2.78 bits per heavy atom. The van der Waals surface area contributed by atoms with Gasteiger partial charge in [0.05, 0.1) is 0 Å². The number of anilines is 2. The molecule has 0 aliphatic heterocycles. The minimum Gasteiger partial charge on any atom is -0.340 e. The fourth-order valence-corrected chi connectivity index (χ4v) is 1.84. The van der Waals surface area contributed by atoms with Crippen molar-refractivity contribution in [2.75, 3.05) is 5.32 Å². The number of aryl methyl sites for hydroxylation is 1. The molecule has 0 bridgehead atoms. The summed E-state index contributed by atoms with van der Waals surface area (Å²) in [6.07, 6.45) is 1.44. The van der Waals surface area contributed by atoms with E-state index in [0.717, 1.165) is 11.5 Å². The van der Waals surface area contributed by atoms with Crippen LogP contribution in [0.3, 0.4) is 0 Å². The van der Waals surface area contributed by atoms with Crippen molar-refractivity contribution in [3.05, 3.63) is 47.4 Å². The molecule has 0 atom stereocenters. The second-order valence-electron chi connectivity index (χ2n) is 3.93. The van der Waals surface area contributed by atoms with E-state index in [-0.39, 0.29) is 0 Å². The first-order chi connectivity index (χ1) is 8.72. The van der Waals surface area contributed by atoms with E-state index in [1.807, 2.05) is 31.2 Å². The second-order valence-corrected chi connectivity index (χ2v) is 4.31. The lowest BCUT2D eigenvalue weighted by atomic mass is 10.2. The summed E-state index contributed by atoms with van der Waals surface area (Å²) in [6, 6.07) is 9.76. The molecular weight excluding hydrogens is 250 g/mol. The van der Waals surface area contributed by atoms with E-state index in [2.05, 4.69) is 20.4 Å². The molecule has 0 radical (unpaired) electrons. The molecule has 5 nitrogen and oxygen atoms in total. The zero-order chi connectivity index (χ0) is 12.5. The summed E-state index contributed by atoms with van der Waals surface area (Å²) in [5.41, 5.74) is 2.17. The van der Waals surface area contributed by atoms with Crippen LogP contribution in [0.4, 0.5) is 11.5 Å². The van der Waals surface area contributed by atoms with E-state index in [0.29, 0.717) is 10.9 Å².